The largest absolute Gasteiger partial charge is 0.385 e. The van der Waals surface area contributed by atoms with Gasteiger partial charge in [0.05, 0.1) is 11.7 Å². The molecule has 1 aromatic carbocycles. The van der Waals surface area contributed by atoms with Crippen molar-refractivity contribution in [2.75, 3.05) is 5.32 Å². The molecule has 0 spiro atoms. The third kappa shape index (κ3) is 1.70. The van der Waals surface area contributed by atoms with Gasteiger partial charge in [0.15, 0.2) is 0 Å². The number of rotatable bonds is 2. The molecule has 0 bridgehead atoms. The van der Waals surface area contributed by atoms with Crippen LogP contribution in [0.4, 0.5) is 5.69 Å². The minimum Gasteiger partial charge on any atom is -0.385 e. The summed E-state index contributed by atoms with van der Waals surface area (Å²) in [5.74, 6) is 0. The van der Waals surface area contributed by atoms with Gasteiger partial charge in [-0.15, -0.1) is 0 Å². The topological polar surface area (TPSA) is 50.1 Å². The summed E-state index contributed by atoms with van der Waals surface area (Å²) in [6.45, 7) is 0. The standard InChI is InChI=1S/C13H15N3O/c1-16-12(6-7-14-16)13(17)11-8-9-4-2-3-5-10(9)15-11/h2-7,11,13,15,17H,8H2,1H3. The normalized spacial score (nSPS) is 19.8. The maximum absolute atomic E-state index is 10.3. The molecule has 1 aromatic heterocycles. The van der Waals surface area contributed by atoms with Crippen LogP contribution in [-0.2, 0) is 13.5 Å². The summed E-state index contributed by atoms with van der Waals surface area (Å²) in [5.41, 5.74) is 3.23. The molecule has 0 radical (unpaired) electrons. The van der Waals surface area contributed by atoms with E-state index < -0.39 is 6.10 Å². The van der Waals surface area contributed by atoms with Gasteiger partial charge in [-0.3, -0.25) is 4.68 Å². The number of fused-ring (bicyclic) bond motifs is 1. The molecule has 4 nitrogen and oxygen atoms in total. The van der Waals surface area contributed by atoms with E-state index in [4.69, 9.17) is 0 Å². The van der Waals surface area contributed by atoms with Crippen LogP contribution in [0.2, 0.25) is 0 Å². The Balaban J connectivity index is 1.83. The second kappa shape index (κ2) is 3.89. The molecular weight excluding hydrogens is 214 g/mol. The minimum absolute atomic E-state index is 0.0304. The van der Waals surface area contributed by atoms with Crippen molar-refractivity contribution in [3.63, 3.8) is 0 Å². The SMILES string of the molecule is Cn1nccc1C(O)C1Cc2ccccc2N1. The van der Waals surface area contributed by atoms with E-state index in [9.17, 15) is 5.11 Å². The van der Waals surface area contributed by atoms with Gasteiger partial charge in [0.2, 0.25) is 0 Å². The molecule has 1 aliphatic rings. The lowest BCUT2D eigenvalue weighted by Gasteiger charge is -2.19. The summed E-state index contributed by atoms with van der Waals surface area (Å²) in [5, 5.41) is 17.8. The van der Waals surface area contributed by atoms with Crippen molar-refractivity contribution in [2.45, 2.75) is 18.6 Å². The highest BCUT2D eigenvalue weighted by Gasteiger charge is 2.28. The summed E-state index contributed by atoms with van der Waals surface area (Å²) in [6, 6.07) is 10.1. The molecule has 3 rings (SSSR count). The van der Waals surface area contributed by atoms with E-state index in [0.29, 0.717) is 0 Å². The number of benzene rings is 1. The number of para-hydroxylation sites is 1. The quantitative estimate of drug-likeness (QED) is 0.820. The predicted molar refractivity (Wildman–Crippen MR) is 65.7 cm³/mol. The molecule has 2 atom stereocenters. The van der Waals surface area contributed by atoms with E-state index in [-0.39, 0.29) is 6.04 Å². The average molecular weight is 229 g/mol. The molecule has 0 fully saturated rings. The first-order valence-electron chi connectivity index (χ1n) is 5.76. The van der Waals surface area contributed by atoms with E-state index >= 15 is 0 Å². The first kappa shape index (κ1) is 10.4. The van der Waals surface area contributed by atoms with Crippen molar-refractivity contribution < 1.29 is 5.11 Å². The maximum Gasteiger partial charge on any atom is 0.116 e. The van der Waals surface area contributed by atoms with Crippen molar-refractivity contribution in [3.8, 4) is 0 Å². The molecule has 2 aromatic rings. The molecule has 1 aliphatic heterocycles. The van der Waals surface area contributed by atoms with Gasteiger partial charge in [0.1, 0.15) is 6.10 Å². The van der Waals surface area contributed by atoms with E-state index in [2.05, 4.69) is 16.5 Å². The van der Waals surface area contributed by atoms with Crippen LogP contribution in [-0.4, -0.2) is 20.9 Å². The number of aliphatic hydroxyl groups is 1. The summed E-state index contributed by atoms with van der Waals surface area (Å²) < 4.78 is 1.72. The average Bonchev–Trinajstić information content (AvgIpc) is 2.93. The van der Waals surface area contributed by atoms with Crippen molar-refractivity contribution >= 4 is 5.69 Å². The first-order valence-corrected chi connectivity index (χ1v) is 5.76. The number of aliphatic hydroxyl groups excluding tert-OH is 1. The number of aryl methyl sites for hydroxylation is 1. The maximum atomic E-state index is 10.3. The highest BCUT2D eigenvalue weighted by Crippen LogP contribution is 2.31. The Kier molecular flexibility index (Phi) is 2.37. The van der Waals surface area contributed by atoms with Crippen molar-refractivity contribution in [3.05, 3.63) is 47.8 Å². The third-order valence-electron chi connectivity index (χ3n) is 3.34. The molecule has 0 saturated heterocycles. The minimum atomic E-state index is -0.533. The lowest BCUT2D eigenvalue weighted by molar-refractivity contribution is 0.147. The molecular formula is C13H15N3O. The number of nitrogens with zero attached hydrogens (tertiary/aromatic N) is 2. The van der Waals surface area contributed by atoms with Gasteiger partial charge in [-0.25, -0.2) is 0 Å². The van der Waals surface area contributed by atoms with E-state index in [1.54, 1.807) is 10.9 Å². The Bertz CT molecular complexity index is 510. The molecule has 2 heterocycles. The summed E-state index contributed by atoms with van der Waals surface area (Å²) in [4.78, 5) is 0. The van der Waals surface area contributed by atoms with Gasteiger partial charge in [-0.1, -0.05) is 18.2 Å². The molecule has 0 aliphatic carbocycles. The van der Waals surface area contributed by atoms with Crippen molar-refractivity contribution in [2.24, 2.45) is 7.05 Å². The fourth-order valence-electron chi connectivity index (χ4n) is 2.40. The molecule has 0 amide bonds. The first-order chi connectivity index (χ1) is 8.25. The van der Waals surface area contributed by atoms with Gasteiger partial charge in [0, 0.05) is 18.9 Å². The van der Waals surface area contributed by atoms with E-state index in [1.807, 2.05) is 31.3 Å². The lowest BCUT2D eigenvalue weighted by Crippen LogP contribution is -2.26. The van der Waals surface area contributed by atoms with Gasteiger partial charge < -0.3 is 10.4 Å². The van der Waals surface area contributed by atoms with Crippen molar-refractivity contribution in [1.29, 1.82) is 0 Å². The number of hydrogen-bond acceptors (Lipinski definition) is 3. The number of hydrogen-bond donors (Lipinski definition) is 2. The second-order valence-electron chi connectivity index (χ2n) is 4.44. The van der Waals surface area contributed by atoms with Crippen LogP contribution in [0.15, 0.2) is 36.5 Å². The third-order valence-corrected chi connectivity index (χ3v) is 3.34. The van der Waals surface area contributed by atoms with Crippen LogP contribution in [0.1, 0.15) is 17.4 Å². The Hall–Kier alpha value is -1.81. The van der Waals surface area contributed by atoms with Crippen molar-refractivity contribution in [1.82, 2.24) is 9.78 Å². The van der Waals surface area contributed by atoms with Crippen LogP contribution in [0.5, 0.6) is 0 Å². The van der Waals surface area contributed by atoms with Gasteiger partial charge in [0.25, 0.3) is 0 Å². The predicted octanol–water partition coefficient (Wildman–Crippen LogP) is 1.49. The zero-order valence-electron chi connectivity index (χ0n) is 9.67. The van der Waals surface area contributed by atoms with Crippen LogP contribution in [0.3, 0.4) is 0 Å². The summed E-state index contributed by atoms with van der Waals surface area (Å²) in [7, 11) is 1.85. The molecule has 88 valence electrons. The molecule has 2 unspecified atom stereocenters. The molecule has 4 heteroatoms. The Morgan fingerprint density at radius 1 is 1.41 bits per heavy atom. The fraction of sp³-hybridized carbons (Fsp3) is 0.308. The van der Waals surface area contributed by atoms with Crippen LogP contribution in [0, 0.1) is 0 Å². The zero-order chi connectivity index (χ0) is 11.8. The molecule has 0 saturated carbocycles. The highest BCUT2D eigenvalue weighted by molar-refractivity contribution is 5.57. The van der Waals surface area contributed by atoms with Gasteiger partial charge in [-0.05, 0) is 24.1 Å². The second-order valence-corrected chi connectivity index (χ2v) is 4.44. The highest BCUT2D eigenvalue weighted by atomic mass is 16.3. The van der Waals surface area contributed by atoms with Crippen LogP contribution in [0.25, 0.3) is 0 Å². The molecule has 17 heavy (non-hydrogen) atoms. The van der Waals surface area contributed by atoms with Gasteiger partial charge in [-0.2, -0.15) is 5.10 Å². The summed E-state index contributed by atoms with van der Waals surface area (Å²) in [6.07, 6.45) is 2.03. The number of anilines is 1. The summed E-state index contributed by atoms with van der Waals surface area (Å²) >= 11 is 0. The molecule has 2 N–H and O–H groups in total. The van der Waals surface area contributed by atoms with Crippen LogP contribution >= 0.6 is 0 Å². The number of aromatic nitrogens is 2. The van der Waals surface area contributed by atoms with Gasteiger partial charge >= 0.3 is 0 Å². The van der Waals surface area contributed by atoms with E-state index in [0.717, 1.165) is 17.8 Å². The Morgan fingerprint density at radius 3 is 2.94 bits per heavy atom. The zero-order valence-corrected chi connectivity index (χ0v) is 9.67. The smallest absolute Gasteiger partial charge is 0.116 e. The monoisotopic (exact) mass is 229 g/mol. The fourth-order valence-corrected chi connectivity index (χ4v) is 2.40. The number of nitrogens with one attached hydrogen (secondary N) is 1. The Morgan fingerprint density at radius 2 is 2.24 bits per heavy atom. The Labute approximate surface area is 99.9 Å². The van der Waals surface area contributed by atoms with E-state index in [1.165, 1.54) is 5.56 Å². The van der Waals surface area contributed by atoms with Crippen LogP contribution < -0.4 is 5.32 Å². The lowest BCUT2D eigenvalue weighted by atomic mass is 10.0.